The molecule has 0 bridgehead atoms. The molecule has 1 atom stereocenters. The molecule has 0 aromatic carbocycles. The van der Waals surface area contributed by atoms with Crippen LogP contribution in [0.1, 0.15) is 54.8 Å². The Morgan fingerprint density at radius 1 is 1.31 bits per heavy atom. The van der Waals surface area contributed by atoms with Crippen molar-refractivity contribution in [2.45, 2.75) is 54.9 Å². The van der Waals surface area contributed by atoms with Gasteiger partial charge in [-0.25, -0.2) is 15.0 Å². The molecule has 3 aliphatic rings. The third-order valence-corrected chi connectivity index (χ3v) is 8.59. The maximum absolute atomic E-state index is 12.8. The molecule has 2 N–H and O–H groups in total. The molecule has 2 aliphatic heterocycles. The zero-order valence-corrected chi connectivity index (χ0v) is 19.3. The number of nitrogens with one attached hydrogen (secondary N) is 1. The first kappa shape index (κ1) is 21.6. The van der Waals surface area contributed by atoms with Crippen molar-refractivity contribution in [3.8, 4) is 6.07 Å². The summed E-state index contributed by atoms with van der Waals surface area (Å²) in [5.41, 5.74) is 1.85. The largest absolute Gasteiger partial charge is 0.394 e. The fourth-order valence-corrected chi connectivity index (χ4v) is 6.41. The molecular formula is C22H25ClN6O2S. The highest BCUT2D eigenvalue weighted by Gasteiger charge is 2.40. The zero-order chi connectivity index (χ0) is 22.3. The number of hydrogen-bond donors (Lipinski definition) is 2. The van der Waals surface area contributed by atoms with E-state index >= 15 is 0 Å². The molecule has 2 aromatic heterocycles. The second-order valence-corrected chi connectivity index (χ2v) is 10.8. The number of rotatable bonds is 5. The van der Waals surface area contributed by atoms with Crippen LogP contribution in [0.4, 0.5) is 11.8 Å². The minimum Gasteiger partial charge on any atom is -0.394 e. The van der Waals surface area contributed by atoms with Crippen molar-refractivity contribution in [3.63, 3.8) is 0 Å². The van der Waals surface area contributed by atoms with Gasteiger partial charge in [0.2, 0.25) is 5.95 Å². The summed E-state index contributed by atoms with van der Waals surface area (Å²) in [5.74, 6) is 1.90. The molecule has 0 spiro atoms. The number of fused-ring (bicyclic) bond motifs is 1. The van der Waals surface area contributed by atoms with Gasteiger partial charge in [0.15, 0.2) is 0 Å². The lowest BCUT2D eigenvalue weighted by Gasteiger charge is -2.42. The van der Waals surface area contributed by atoms with Crippen molar-refractivity contribution < 1.29 is 9.32 Å². The summed E-state index contributed by atoms with van der Waals surface area (Å²) in [6, 6.07) is 2.37. The molecule has 1 saturated heterocycles. The molecule has 2 fully saturated rings. The topological polar surface area (TPSA) is 115 Å². The molecule has 168 valence electrons. The molecule has 5 rings (SSSR count). The second-order valence-electron chi connectivity index (χ2n) is 8.82. The highest BCUT2D eigenvalue weighted by molar-refractivity contribution is 7.85. The van der Waals surface area contributed by atoms with Gasteiger partial charge in [0, 0.05) is 24.8 Å². The standard InChI is InChI=1S/C22H25ClN6O2S/c23-15-11-25-21(26-12-15)29-7-2-14(3-8-29)18-17(10-24)16-4-9-32(31)19(16)20(27-18)28-22(13-30)5-1-6-22/h11-12,14,30H,1-9,13H2,(H,27,28)/t32-/m1/s1. The predicted octanol–water partition coefficient (Wildman–Crippen LogP) is 2.77. The molecule has 0 radical (unpaired) electrons. The van der Waals surface area contributed by atoms with E-state index in [0.717, 1.165) is 56.5 Å². The van der Waals surface area contributed by atoms with Gasteiger partial charge in [-0.15, -0.1) is 0 Å². The predicted molar refractivity (Wildman–Crippen MR) is 122 cm³/mol. The fraction of sp³-hybridized carbons (Fsp3) is 0.545. The quantitative estimate of drug-likeness (QED) is 0.682. The van der Waals surface area contributed by atoms with Crippen LogP contribution in [0.25, 0.3) is 0 Å². The van der Waals surface area contributed by atoms with Gasteiger partial charge in [-0.3, -0.25) is 4.21 Å². The first-order chi connectivity index (χ1) is 15.5. The van der Waals surface area contributed by atoms with Crippen molar-refractivity contribution in [3.05, 3.63) is 34.2 Å². The van der Waals surface area contributed by atoms with Crippen molar-refractivity contribution in [1.82, 2.24) is 15.0 Å². The van der Waals surface area contributed by atoms with Crippen molar-refractivity contribution in [2.75, 3.05) is 35.7 Å². The maximum atomic E-state index is 12.8. The monoisotopic (exact) mass is 472 g/mol. The van der Waals surface area contributed by atoms with Gasteiger partial charge < -0.3 is 15.3 Å². The minimum absolute atomic E-state index is 0.0188. The summed E-state index contributed by atoms with van der Waals surface area (Å²) in [6.07, 6.45) is 8.23. The van der Waals surface area contributed by atoms with Crippen LogP contribution in [0.15, 0.2) is 17.3 Å². The first-order valence-corrected chi connectivity index (χ1v) is 12.7. The Morgan fingerprint density at radius 3 is 2.62 bits per heavy atom. The molecule has 1 saturated carbocycles. The number of hydrogen-bond acceptors (Lipinski definition) is 8. The number of anilines is 2. The minimum atomic E-state index is -1.17. The third kappa shape index (κ3) is 3.74. The number of piperidine rings is 1. The van der Waals surface area contributed by atoms with E-state index < -0.39 is 16.3 Å². The van der Waals surface area contributed by atoms with Gasteiger partial charge in [0.1, 0.15) is 11.9 Å². The SMILES string of the molecule is N#Cc1c(C2CCN(c3ncc(Cl)cn3)CC2)nc(NC2(CO)CCC2)c2c1CC[S@]2=O. The molecule has 0 unspecified atom stereocenters. The Hall–Kier alpha value is -2.28. The van der Waals surface area contributed by atoms with Gasteiger partial charge in [-0.2, -0.15) is 5.26 Å². The smallest absolute Gasteiger partial charge is 0.225 e. The first-order valence-electron chi connectivity index (χ1n) is 11.0. The van der Waals surface area contributed by atoms with Gasteiger partial charge >= 0.3 is 0 Å². The van der Waals surface area contributed by atoms with Gasteiger partial charge in [0.05, 0.1) is 56.5 Å². The third-order valence-electron chi connectivity index (χ3n) is 6.92. The zero-order valence-electron chi connectivity index (χ0n) is 17.7. The lowest BCUT2D eigenvalue weighted by atomic mass is 9.77. The van der Waals surface area contributed by atoms with Gasteiger partial charge in [0.25, 0.3) is 0 Å². The summed E-state index contributed by atoms with van der Waals surface area (Å²) in [4.78, 5) is 16.3. The summed E-state index contributed by atoms with van der Waals surface area (Å²) in [7, 11) is -1.17. The van der Waals surface area contributed by atoms with E-state index in [1.807, 2.05) is 0 Å². The van der Waals surface area contributed by atoms with E-state index in [-0.39, 0.29) is 12.5 Å². The van der Waals surface area contributed by atoms with Crippen LogP contribution >= 0.6 is 11.6 Å². The summed E-state index contributed by atoms with van der Waals surface area (Å²) < 4.78 is 12.8. The average molecular weight is 473 g/mol. The molecule has 10 heteroatoms. The van der Waals surface area contributed by atoms with Crippen LogP contribution in [0.3, 0.4) is 0 Å². The van der Waals surface area contributed by atoms with Crippen LogP contribution in [-0.4, -0.2) is 55.3 Å². The van der Waals surface area contributed by atoms with Crippen LogP contribution in [0, 0.1) is 11.3 Å². The Balaban J connectivity index is 1.45. The molecule has 2 aromatic rings. The molecule has 8 nitrogen and oxygen atoms in total. The Bertz CT molecular complexity index is 1090. The van der Waals surface area contributed by atoms with Crippen molar-refractivity contribution in [2.24, 2.45) is 0 Å². The van der Waals surface area contributed by atoms with Crippen LogP contribution in [-0.2, 0) is 17.2 Å². The average Bonchev–Trinajstić information content (AvgIpc) is 3.18. The van der Waals surface area contributed by atoms with Crippen molar-refractivity contribution >= 4 is 34.2 Å². The number of nitrogens with zero attached hydrogens (tertiary/aromatic N) is 5. The number of nitriles is 1. The lowest BCUT2D eigenvalue weighted by Crippen LogP contribution is -2.48. The van der Waals surface area contributed by atoms with Crippen LogP contribution < -0.4 is 10.2 Å². The van der Waals surface area contributed by atoms with Crippen LogP contribution in [0.2, 0.25) is 5.02 Å². The van der Waals surface area contributed by atoms with E-state index in [9.17, 15) is 14.6 Å². The van der Waals surface area contributed by atoms with Crippen molar-refractivity contribution in [1.29, 1.82) is 5.26 Å². The maximum Gasteiger partial charge on any atom is 0.225 e. The van der Waals surface area contributed by atoms with E-state index in [1.165, 1.54) is 0 Å². The van der Waals surface area contributed by atoms with Gasteiger partial charge in [-0.05, 0) is 44.1 Å². The summed E-state index contributed by atoms with van der Waals surface area (Å²) in [6.45, 7) is 1.53. The highest BCUT2D eigenvalue weighted by atomic mass is 35.5. The van der Waals surface area contributed by atoms with Gasteiger partial charge in [-0.1, -0.05) is 11.6 Å². The number of aliphatic hydroxyl groups excluding tert-OH is 1. The molecular weight excluding hydrogens is 448 g/mol. The number of pyridine rings is 1. The Kier molecular flexibility index (Phi) is 5.78. The normalized spacial score (nSPS) is 22.2. The Morgan fingerprint density at radius 2 is 2.03 bits per heavy atom. The van der Waals surface area contributed by atoms with E-state index in [1.54, 1.807) is 12.4 Å². The number of aliphatic hydroxyl groups is 1. The second kappa shape index (κ2) is 8.58. The van der Waals surface area contributed by atoms with E-state index in [0.29, 0.717) is 39.4 Å². The summed E-state index contributed by atoms with van der Waals surface area (Å²) in [5, 5.41) is 23.9. The molecule has 4 heterocycles. The number of aromatic nitrogens is 3. The number of halogens is 1. The van der Waals surface area contributed by atoms with Crippen LogP contribution in [0.5, 0.6) is 0 Å². The van der Waals surface area contributed by atoms with E-state index in [4.69, 9.17) is 16.6 Å². The molecule has 32 heavy (non-hydrogen) atoms. The summed E-state index contributed by atoms with van der Waals surface area (Å²) >= 11 is 5.90. The molecule has 0 amide bonds. The highest BCUT2D eigenvalue weighted by Crippen LogP contribution is 2.41. The lowest BCUT2D eigenvalue weighted by molar-refractivity contribution is 0.143. The molecule has 1 aliphatic carbocycles. The Labute approximate surface area is 194 Å². The van der Waals surface area contributed by atoms with E-state index in [2.05, 4.69) is 26.3 Å². The fourth-order valence-electron chi connectivity index (χ4n) is 4.92.